The molecule has 1 aliphatic rings. The van der Waals surface area contributed by atoms with Crippen molar-refractivity contribution in [3.8, 4) is 0 Å². The molecule has 0 bridgehead atoms. The molecule has 1 fully saturated rings. The lowest BCUT2D eigenvalue weighted by atomic mass is 10.1. The van der Waals surface area contributed by atoms with Crippen LogP contribution in [0.5, 0.6) is 0 Å². The van der Waals surface area contributed by atoms with E-state index in [1.165, 1.54) is 18.9 Å². The van der Waals surface area contributed by atoms with Gasteiger partial charge in [0.05, 0.1) is 40.2 Å². The molecule has 160 valence electrons. The number of para-hydroxylation sites is 1. The molecule has 8 heteroatoms. The Morgan fingerprint density at radius 3 is 2.68 bits per heavy atom. The molecule has 7 nitrogen and oxygen atoms in total. The standard InChI is InChI=1S/C23H23N3O4S/c1-12-20(23(29)30-3)13(2)24-21(12)18(27)11-31-19-10-16(22(28)25-14-8-9-14)15-6-4-5-7-17(15)26-19/h4-7,10,14,24H,8-9,11H2,1-3H3,(H,25,28). The smallest absolute Gasteiger partial charge is 0.339 e. The van der Waals surface area contributed by atoms with Crippen molar-refractivity contribution < 1.29 is 19.1 Å². The van der Waals surface area contributed by atoms with E-state index in [9.17, 15) is 14.4 Å². The SMILES string of the molecule is COC(=O)c1c(C)[nH]c(C(=O)CSc2cc(C(=O)NC3CC3)c3ccccc3n2)c1C. The first-order valence-electron chi connectivity index (χ1n) is 10.0. The van der Waals surface area contributed by atoms with Gasteiger partial charge in [0.15, 0.2) is 5.78 Å². The number of carbonyl (C=O) groups excluding carboxylic acids is 3. The van der Waals surface area contributed by atoms with Crippen LogP contribution in [0.1, 0.15) is 55.3 Å². The predicted octanol–water partition coefficient (Wildman–Crippen LogP) is 3.83. The van der Waals surface area contributed by atoms with Crippen molar-refractivity contribution in [2.24, 2.45) is 0 Å². The van der Waals surface area contributed by atoms with Gasteiger partial charge in [-0.05, 0) is 44.4 Å². The first-order valence-corrected chi connectivity index (χ1v) is 11.0. The molecule has 0 aliphatic heterocycles. The molecule has 0 saturated heterocycles. The summed E-state index contributed by atoms with van der Waals surface area (Å²) in [6.45, 7) is 3.46. The van der Waals surface area contributed by atoms with Crippen LogP contribution in [0.25, 0.3) is 10.9 Å². The normalized spacial score (nSPS) is 13.3. The number of aromatic nitrogens is 2. The lowest BCUT2D eigenvalue weighted by Crippen LogP contribution is -2.25. The van der Waals surface area contributed by atoms with E-state index < -0.39 is 5.97 Å². The van der Waals surface area contributed by atoms with Gasteiger partial charge in [-0.15, -0.1) is 0 Å². The van der Waals surface area contributed by atoms with Crippen LogP contribution < -0.4 is 5.32 Å². The number of nitrogens with one attached hydrogen (secondary N) is 2. The zero-order valence-electron chi connectivity index (χ0n) is 17.6. The second kappa shape index (κ2) is 8.55. The number of ether oxygens (including phenoxy) is 1. The van der Waals surface area contributed by atoms with Crippen LogP contribution in [-0.2, 0) is 4.74 Å². The van der Waals surface area contributed by atoms with E-state index in [0.29, 0.717) is 38.6 Å². The van der Waals surface area contributed by atoms with E-state index in [1.807, 2.05) is 24.3 Å². The number of nitrogens with zero attached hydrogens (tertiary/aromatic N) is 1. The van der Waals surface area contributed by atoms with Crippen molar-refractivity contribution in [2.45, 2.75) is 37.8 Å². The molecule has 2 N–H and O–H groups in total. The number of thioether (sulfide) groups is 1. The number of hydrogen-bond acceptors (Lipinski definition) is 6. The summed E-state index contributed by atoms with van der Waals surface area (Å²) in [6, 6.07) is 9.48. The third kappa shape index (κ3) is 4.34. The fourth-order valence-corrected chi connectivity index (χ4v) is 4.34. The van der Waals surface area contributed by atoms with Crippen molar-refractivity contribution in [3.63, 3.8) is 0 Å². The summed E-state index contributed by atoms with van der Waals surface area (Å²) in [5.74, 6) is -0.621. The van der Waals surface area contributed by atoms with Gasteiger partial charge in [0.1, 0.15) is 0 Å². The minimum atomic E-state index is -0.472. The summed E-state index contributed by atoms with van der Waals surface area (Å²) in [6.07, 6.45) is 2.01. The van der Waals surface area contributed by atoms with Crippen LogP contribution in [0, 0.1) is 13.8 Å². The topological polar surface area (TPSA) is 101 Å². The van der Waals surface area contributed by atoms with E-state index in [2.05, 4.69) is 15.3 Å². The number of hydrogen-bond donors (Lipinski definition) is 2. The third-order valence-electron chi connectivity index (χ3n) is 5.31. The molecule has 4 rings (SSSR count). The Morgan fingerprint density at radius 1 is 1.23 bits per heavy atom. The summed E-state index contributed by atoms with van der Waals surface area (Å²) in [5.41, 5.74) is 3.22. The van der Waals surface area contributed by atoms with Crippen LogP contribution in [0.2, 0.25) is 0 Å². The monoisotopic (exact) mass is 437 g/mol. The number of ketones is 1. The number of Topliss-reactive ketones (excluding diaryl/α,β-unsaturated/α-hetero) is 1. The maximum Gasteiger partial charge on any atom is 0.339 e. The average Bonchev–Trinajstić information content (AvgIpc) is 3.53. The molecule has 1 saturated carbocycles. The first kappa shape index (κ1) is 21.1. The maximum absolute atomic E-state index is 12.8. The Kier molecular flexibility index (Phi) is 5.82. The number of H-pyrrole nitrogens is 1. The highest BCUT2D eigenvalue weighted by atomic mass is 32.2. The number of carbonyl (C=O) groups is 3. The van der Waals surface area contributed by atoms with Crippen molar-refractivity contribution in [1.82, 2.24) is 15.3 Å². The molecule has 3 aromatic rings. The summed E-state index contributed by atoms with van der Waals surface area (Å²) in [5, 5.41) is 4.41. The molecular formula is C23H23N3O4S. The Bertz CT molecular complexity index is 1200. The number of fused-ring (bicyclic) bond motifs is 1. The van der Waals surface area contributed by atoms with Gasteiger partial charge < -0.3 is 15.0 Å². The largest absolute Gasteiger partial charge is 0.465 e. The minimum absolute atomic E-state index is 0.118. The van der Waals surface area contributed by atoms with Gasteiger partial charge >= 0.3 is 5.97 Å². The Labute approximate surface area is 184 Å². The number of methoxy groups -OCH3 is 1. The molecule has 0 atom stereocenters. The number of esters is 1. The van der Waals surface area contributed by atoms with Gasteiger partial charge in [-0.1, -0.05) is 30.0 Å². The lowest BCUT2D eigenvalue weighted by molar-refractivity contribution is 0.0599. The molecular weight excluding hydrogens is 414 g/mol. The number of aromatic amines is 1. The Morgan fingerprint density at radius 2 is 1.97 bits per heavy atom. The zero-order valence-corrected chi connectivity index (χ0v) is 18.4. The lowest BCUT2D eigenvalue weighted by Gasteiger charge is -2.10. The van der Waals surface area contributed by atoms with Crippen LogP contribution in [0.15, 0.2) is 35.4 Å². The summed E-state index contributed by atoms with van der Waals surface area (Å²) in [7, 11) is 1.31. The zero-order chi connectivity index (χ0) is 22.1. The van der Waals surface area contributed by atoms with Crippen LogP contribution >= 0.6 is 11.8 Å². The van der Waals surface area contributed by atoms with Gasteiger partial charge in [-0.2, -0.15) is 0 Å². The fraction of sp³-hybridized carbons (Fsp3) is 0.304. The Hall–Kier alpha value is -3.13. The van der Waals surface area contributed by atoms with E-state index in [-0.39, 0.29) is 23.5 Å². The third-order valence-corrected chi connectivity index (χ3v) is 6.22. The first-order chi connectivity index (χ1) is 14.9. The highest BCUT2D eigenvalue weighted by molar-refractivity contribution is 7.99. The molecule has 1 amide bonds. The summed E-state index contributed by atoms with van der Waals surface area (Å²) in [4.78, 5) is 45.2. The number of aryl methyl sites for hydroxylation is 1. The number of pyridine rings is 1. The van der Waals surface area contributed by atoms with E-state index in [1.54, 1.807) is 19.9 Å². The quantitative estimate of drug-likeness (QED) is 0.331. The van der Waals surface area contributed by atoms with Gasteiger partial charge in [0.25, 0.3) is 5.91 Å². The van der Waals surface area contributed by atoms with Gasteiger partial charge in [0, 0.05) is 17.1 Å². The fourth-order valence-electron chi connectivity index (χ4n) is 3.55. The van der Waals surface area contributed by atoms with Crippen LogP contribution in [-0.4, -0.2) is 46.5 Å². The average molecular weight is 438 g/mol. The van der Waals surface area contributed by atoms with E-state index in [0.717, 1.165) is 18.2 Å². The second-order valence-corrected chi connectivity index (χ2v) is 8.60. The molecule has 2 heterocycles. The highest BCUT2D eigenvalue weighted by Crippen LogP contribution is 2.27. The molecule has 0 radical (unpaired) electrons. The van der Waals surface area contributed by atoms with Crippen LogP contribution in [0.3, 0.4) is 0 Å². The Balaban J connectivity index is 1.57. The highest BCUT2D eigenvalue weighted by Gasteiger charge is 2.26. The van der Waals surface area contributed by atoms with Crippen LogP contribution in [0.4, 0.5) is 0 Å². The minimum Gasteiger partial charge on any atom is -0.465 e. The number of amides is 1. The van der Waals surface area contributed by atoms with Crippen molar-refractivity contribution >= 4 is 40.3 Å². The molecule has 0 unspecified atom stereocenters. The van der Waals surface area contributed by atoms with Crippen molar-refractivity contribution in [3.05, 3.63) is 58.4 Å². The van der Waals surface area contributed by atoms with E-state index in [4.69, 9.17) is 4.74 Å². The molecule has 0 spiro atoms. The molecule has 2 aromatic heterocycles. The molecule has 1 aromatic carbocycles. The molecule has 1 aliphatic carbocycles. The maximum atomic E-state index is 12.8. The van der Waals surface area contributed by atoms with Crippen molar-refractivity contribution in [1.29, 1.82) is 0 Å². The predicted molar refractivity (Wildman–Crippen MR) is 119 cm³/mol. The van der Waals surface area contributed by atoms with Gasteiger partial charge in [-0.3, -0.25) is 9.59 Å². The second-order valence-electron chi connectivity index (χ2n) is 7.60. The molecule has 31 heavy (non-hydrogen) atoms. The number of benzene rings is 1. The number of rotatable bonds is 7. The van der Waals surface area contributed by atoms with Crippen molar-refractivity contribution in [2.75, 3.05) is 12.9 Å². The van der Waals surface area contributed by atoms with Gasteiger partial charge in [0.2, 0.25) is 0 Å². The van der Waals surface area contributed by atoms with E-state index >= 15 is 0 Å². The summed E-state index contributed by atoms with van der Waals surface area (Å²) < 4.78 is 4.81. The van der Waals surface area contributed by atoms with Gasteiger partial charge in [-0.25, -0.2) is 9.78 Å². The summed E-state index contributed by atoms with van der Waals surface area (Å²) >= 11 is 1.27.